The smallest absolute Gasteiger partial charge is 0.324 e. The number of nitrogens with two attached hydrogens (primary N) is 1. The van der Waals surface area contributed by atoms with Crippen molar-refractivity contribution < 1.29 is 14.9 Å². The fourth-order valence-corrected chi connectivity index (χ4v) is 2.28. The molecular weight excluding hydrogens is 360 g/mol. The second kappa shape index (κ2) is 7.74. The number of hydroxylamine groups is 3. The first-order valence-corrected chi connectivity index (χ1v) is 7.80. The summed E-state index contributed by atoms with van der Waals surface area (Å²) in [4.78, 5) is 21.0. The van der Waals surface area contributed by atoms with E-state index in [2.05, 4.69) is 21.1 Å². The van der Waals surface area contributed by atoms with E-state index < -0.39 is 6.03 Å². The number of amidine groups is 1. The number of para-hydroxylation sites is 1. The number of hydrogen-bond acceptors (Lipinski definition) is 6. The molecule has 1 heterocycles. The van der Waals surface area contributed by atoms with Crippen LogP contribution in [-0.2, 0) is 4.94 Å². The van der Waals surface area contributed by atoms with Crippen LogP contribution in [0.2, 0.25) is 5.02 Å². The van der Waals surface area contributed by atoms with E-state index in [0.717, 1.165) is 0 Å². The zero-order valence-corrected chi connectivity index (χ0v) is 14.1. The lowest BCUT2D eigenvalue weighted by molar-refractivity contribution is -0.325. The van der Waals surface area contributed by atoms with Gasteiger partial charge in [0.2, 0.25) is 0 Å². The molecule has 2 aromatic rings. The molecule has 2 amide bonds. The predicted octanol–water partition coefficient (Wildman–Crippen LogP) is 2.46. The van der Waals surface area contributed by atoms with Crippen LogP contribution in [0, 0.1) is 0 Å². The molecule has 0 aliphatic carbocycles. The van der Waals surface area contributed by atoms with Crippen molar-refractivity contribution in [2.24, 2.45) is 10.7 Å². The molecule has 0 fully saturated rings. The van der Waals surface area contributed by atoms with Gasteiger partial charge in [0.1, 0.15) is 0 Å². The largest absolute Gasteiger partial charge is 0.382 e. The van der Waals surface area contributed by atoms with E-state index in [0.29, 0.717) is 21.6 Å². The van der Waals surface area contributed by atoms with Crippen LogP contribution in [0.25, 0.3) is 0 Å². The molecule has 2 aromatic carbocycles. The van der Waals surface area contributed by atoms with Crippen LogP contribution >= 0.6 is 11.6 Å². The Morgan fingerprint density at radius 1 is 1.19 bits per heavy atom. The first kappa shape index (κ1) is 17.5. The van der Waals surface area contributed by atoms with Crippen LogP contribution in [0.4, 0.5) is 16.2 Å². The zero-order valence-electron chi connectivity index (χ0n) is 13.3. The number of nitrogens with one attached hydrogen (secondary N) is 3. The lowest BCUT2D eigenvalue weighted by Crippen LogP contribution is -2.35. The molecule has 0 aromatic heterocycles. The summed E-state index contributed by atoms with van der Waals surface area (Å²) in [6, 6.07) is 14.9. The fourth-order valence-electron chi connectivity index (χ4n) is 2.09. The van der Waals surface area contributed by atoms with Gasteiger partial charge in [-0.2, -0.15) is 0 Å². The Balaban J connectivity index is 1.79. The molecule has 26 heavy (non-hydrogen) atoms. The van der Waals surface area contributed by atoms with Crippen molar-refractivity contribution >= 4 is 34.8 Å². The highest BCUT2D eigenvalue weighted by Gasteiger charge is 2.27. The maximum atomic E-state index is 12.1. The summed E-state index contributed by atoms with van der Waals surface area (Å²) in [6.07, 6.45) is 0. The Hall–Kier alpha value is -3.27. The lowest BCUT2D eigenvalue weighted by Gasteiger charge is -2.12. The van der Waals surface area contributed by atoms with E-state index in [-0.39, 0.29) is 17.4 Å². The van der Waals surface area contributed by atoms with Crippen LogP contribution in [0.15, 0.2) is 71.1 Å². The minimum atomic E-state index is -0.606. The topological polar surface area (TPSA) is 124 Å². The Labute approximate surface area is 153 Å². The predicted molar refractivity (Wildman–Crippen MR) is 96.2 cm³/mol. The number of carbonyl (C=O) groups excluding carboxylic acids is 1. The molecule has 0 saturated carbocycles. The van der Waals surface area contributed by atoms with Crippen LogP contribution in [0.5, 0.6) is 0 Å². The summed E-state index contributed by atoms with van der Waals surface area (Å²) in [6.45, 7) is 0. The van der Waals surface area contributed by atoms with Gasteiger partial charge in [0.25, 0.3) is 0 Å². The van der Waals surface area contributed by atoms with Gasteiger partial charge in [-0.15, -0.1) is 4.94 Å². The molecule has 0 spiro atoms. The Bertz CT molecular complexity index is 871. The van der Waals surface area contributed by atoms with E-state index in [1.54, 1.807) is 48.5 Å². The number of nitrogens with zero attached hydrogens (tertiary/aromatic N) is 2. The maximum Gasteiger partial charge on any atom is 0.324 e. The van der Waals surface area contributed by atoms with Gasteiger partial charge >= 0.3 is 6.03 Å². The summed E-state index contributed by atoms with van der Waals surface area (Å²) in [5.74, 6) is -0.152. The number of anilines is 1. The van der Waals surface area contributed by atoms with Crippen LogP contribution in [0.3, 0.4) is 0 Å². The molecule has 0 bridgehead atoms. The molecule has 6 N–H and O–H groups in total. The van der Waals surface area contributed by atoms with Gasteiger partial charge < -0.3 is 11.1 Å². The summed E-state index contributed by atoms with van der Waals surface area (Å²) >= 11 is 5.91. The Kier molecular flexibility index (Phi) is 5.23. The number of urea groups is 1. The SMILES string of the molecule is NC(=Nc1cccc(Cl)c1)C1=C(NC(=O)Nc2ccccc2)N(O)ON1. The summed E-state index contributed by atoms with van der Waals surface area (Å²) in [7, 11) is 0. The maximum absolute atomic E-state index is 12.1. The number of amides is 2. The van der Waals surface area contributed by atoms with Crippen molar-refractivity contribution in [3.05, 3.63) is 71.1 Å². The van der Waals surface area contributed by atoms with Crippen molar-refractivity contribution in [1.82, 2.24) is 16.0 Å². The highest BCUT2D eigenvalue weighted by atomic mass is 35.5. The highest BCUT2D eigenvalue weighted by Crippen LogP contribution is 2.20. The first-order valence-electron chi connectivity index (χ1n) is 7.42. The van der Waals surface area contributed by atoms with Gasteiger partial charge in [-0.05, 0) is 30.3 Å². The molecule has 10 heteroatoms. The molecule has 0 saturated heterocycles. The number of aliphatic imine (C=N–C) groups is 1. The minimum absolute atomic E-state index is 0.0289. The van der Waals surface area contributed by atoms with Gasteiger partial charge in [0, 0.05) is 10.7 Å². The first-order chi connectivity index (χ1) is 12.5. The third-order valence-corrected chi connectivity index (χ3v) is 3.47. The number of rotatable bonds is 4. The average Bonchev–Trinajstić information content (AvgIpc) is 2.96. The van der Waals surface area contributed by atoms with Gasteiger partial charge in [0.15, 0.2) is 17.4 Å². The summed E-state index contributed by atoms with van der Waals surface area (Å²) < 4.78 is 0. The van der Waals surface area contributed by atoms with Crippen molar-refractivity contribution in [2.75, 3.05) is 5.32 Å². The van der Waals surface area contributed by atoms with Gasteiger partial charge in [-0.3, -0.25) is 10.5 Å². The second-order valence-corrected chi connectivity index (χ2v) is 5.55. The zero-order chi connectivity index (χ0) is 18.5. The Morgan fingerprint density at radius 3 is 2.69 bits per heavy atom. The monoisotopic (exact) mass is 374 g/mol. The minimum Gasteiger partial charge on any atom is -0.382 e. The quantitative estimate of drug-likeness (QED) is 0.413. The van der Waals surface area contributed by atoms with E-state index in [1.807, 2.05) is 6.07 Å². The van der Waals surface area contributed by atoms with Crippen molar-refractivity contribution in [3.63, 3.8) is 0 Å². The van der Waals surface area contributed by atoms with E-state index in [1.165, 1.54) is 0 Å². The van der Waals surface area contributed by atoms with Crippen LogP contribution < -0.4 is 21.8 Å². The van der Waals surface area contributed by atoms with Gasteiger partial charge in [-0.1, -0.05) is 41.1 Å². The number of halogens is 1. The molecule has 134 valence electrons. The standard InChI is InChI=1S/C16H15ClN6O3/c17-10-5-4-8-12(9-10)19-14(18)13-15(23(25)26-22-13)21-16(24)20-11-6-2-1-3-7-11/h1-9,22,25H,(H2,18,19)(H2,20,21,24). The molecular formula is C16H15ClN6O3. The van der Waals surface area contributed by atoms with Crippen LogP contribution in [-0.4, -0.2) is 22.3 Å². The third kappa shape index (κ3) is 4.22. The average molecular weight is 375 g/mol. The van der Waals surface area contributed by atoms with E-state index in [9.17, 15) is 10.0 Å². The molecule has 3 rings (SSSR count). The number of carbonyl (C=O) groups is 1. The molecule has 0 atom stereocenters. The van der Waals surface area contributed by atoms with Crippen molar-refractivity contribution in [1.29, 1.82) is 0 Å². The molecule has 9 nitrogen and oxygen atoms in total. The fraction of sp³-hybridized carbons (Fsp3) is 0. The molecule has 0 unspecified atom stereocenters. The second-order valence-electron chi connectivity index (χ2n) is 5.11. The van der Waals surface area contributed by atoms with Crippen LogP contribution in [0.1, 0.15) is 0 Å². The molecule has 1 aliphatic rings. The van der Waals surface area contributed by atoms with E-state index in [4.69, 9.17) is 22.3 Å². The summed E-state index contributed by atoms with van der Waals surface area (Å²) in [5, 5.41) is 15.6. The number of hydrogen-bond donors (Lipinski definition) is 5. The van der Waals surface area contributed by atoms with Gasteiger partial charge in [0.05, 0.1) is 5.69 Å². The third-order valence-electron chi connectivity index (χ3n) is 3.24. The lowest BCUT2D eigenvalue weighted by atomic mass is 10.3. The summed E-state index contributed by atoms with van der Waals surface area (Å²) in [5.41, 5.74) is 9.47. The van der Waals surface area contributed by atoms with Crippen molar-refractivity contribution in [2.45, 2.75) is 0 Å². The molecule has 0 radical (unpaired) electrons. The van der Waals surface area contributed by atoms with E-state index >= 15 is 0 Å². The highest BCUT2D eigenvalue weighted by molar-refractivity contribution is 6.30. The normalized spacial score (nSPS) is 14.2. The van der Waals surface area contributed by atoms with Gasteiger partial charge in [-0.25, -0.2) is 15.3 Å². The number of benzene rings is 2. The Morgan fingerprint density at radius 2 is 1.96 bits per heavy atom. The molecule has 1 aliphatic heterocycles. The van der Waals surface area contributed by atoms with Crippen molar-refractivity contribution in [3.8, 4) is 0 Å².